The Morgan fingerprint density at radius 1 is 1.15 bits per heavy atom. The van der Waals surface area contributed by atoms with E-state index in [0.29, 0.717) is 0 Å². The van der Waals surface area contributed by atoms with Crippen LogP contribution in [0.5, 0.6) is 0 Å². The van der Waals surface area contributed by atoms with Gasteiger partial charge in [-0.3, -0.25) is 0 Å². The van der Waals surface area contributed by atoms with Gasteiger partial charge in [0.25, 0.3) is 0 Å². The van der Waals surface area contributed by atoms with E-state index in [-0.39, 0.29) is 16.9 Å². The molecule has 1 unspecified atom stereocenters. The van der Waals surface area contributed by atoms with Crippen molar-refractivity contribution in [2.75, 3.05) is 7.05 Å². The van der Waals surface area contributed by atoms with Gasteiger partial charge < -0.3 is 5.32 Å². The number of rotatable bonds is 4. The summed E-state index contributed by atoms with van der Waals surface area (Å²) in [5, 5.41) is 3.46. The highest BCUT2D eigenvalue weighted by Crippen LogP contribution is 2.25. The lowest BCUT2D eigenvalue weighted by Crippen LogP contribution is -2.19. The average Bonchev–Trinajstić information content (AvgIpc) is 2.42. The van der Waals surface area contributed by atoms with Gasteiger partial charge in [0.1, 0.15) is 5.82 Å². The van der Waals surface area contributed by atoms with Gasteiger partial charge in [-0.15, -0.1) is 0 Å². The van der Waals surface area contributed by atoms with Crippen LogP contribution in [0.2, 0.25) is 5.02 Å². The third kappa shape index (κ3) is 3.20. The van der Waals surface area contributed by atoms with Crippen LogP contribution in [0.1, 0.15) is 28.3 Å². The zero-order valence-electron chi connectivity index (χ0n) is 12.0. The lowest BCUT2D eigenvalue weighted by atomic mass is 9.93. The van der Waals surface area contributed by atoms with Crippen molar-refractivity contribution in [2.24, 2.45) is 0 Å². The Labute approximate surface area is 124 Å². The highest BCUT2D eigenvalue weighted by Gasteiger charge is 2.14. The van der Waals surface area contributed by atoms with Gasteiger partial charge in [0.05, 0.1) is 5.02 Å². The summed E-state index contributed by atoms with van der Waals surface area (Å²) in [4.78, 5) is 0. The van der Waals surface area contributed by atoms with E-state index in [0.717, 1.165) is 12.0 Å². The maximum atomic E-state index is 13.3. The number of halogens is 2. The molecule has 2 aromatic carbocycles. The minimum atomic E-state index is -0.377. The number of aryl methyl sites for hydroxylation is 2. The lowest BCUT2D eigenvalue weighted by molar-refractivity contribution is 0.583. The maximum absolute atomic E-state index is 13.3. The normalized spacial score (nSPS) is 12.4. The molecular formula is C17H19ClFN. The van der Waals surface area contributed by atoms with Crippen molar-refractivity contribution in [3.63, 3.8) is 0 Å². The van der Waals surface area contributed by atoms with E-state index in [4.69, 9.17) is 11.6 Å². The SMILES string of the molecule is CNC(Cc1c(C)cccc1C)c1ccc(F)c(Cl)c1. The summed E-state index contributed by atoms with van der Waals surface area (Å²) in [5.41, 5.74) is 4.88. The predicted molar refractivity (Wildman–Crippen MR) is 82.8 cm³/mol. The van der Waals surface area contributed by atoms with Crippen molar-refractivity contribution in [3.05, 3.63) is 69.5 Å². The summed E-state index contributed by atoms with van der Waals surface area (Å²) in [6, 6.07) is 11.3. The molecule has 1 atom stereocenters. The van der Waals surface area contributed by atoms with Gasteiger partial charge in [0.2, 0.25) is 0 Å². The van der Waals surface area contributed by atoms with E-state index in [9.17, 15) is 4.39 Å². The van der Waals surface area contributed by atoms with E-state index < -0.39 is 0 Å². The second-order valence-corrected chi connectivity index (χ2v) is 5.50. The second kappa shape index (κ2) is 6.38. The van der Waals surface area contributed by atoms with Crippen LogP contribution in [0.25, 0.3) is 0 Å². The van der Waals surface area contributed by atoms with E-state index in [1.165, 1.54) is 22.8 Å². The largest absolute Gasteiger partial charge is 0.313 e. The van der Waals surface area contributed by atoms with Crippen molar-refractivity contribution >= 4 is 11.6 Å². The summed E-state index contributed by atoms with van der Waals surface area (Å²) in [5.74, 6) is -0.377. The average molecular weight is 292 g/mol. The fourth-order valence-electron chi connectivity index (χ4n) is 2.49. The predicted octanol–water partition coefficient (Wildman–Crippen LogP) is 4.60. The molecule has 3 heteroatoms. The molecule has 0 saturated heterocycles. The molecule has 0 aliphatic carbocycles. The van der Waals surface area contributed by atoms with Crippen molar-refractivity contribution in [1.29, 1.82) is 0 Å². The van der Waals surface area contributed by atoms with Crippen LogP contribution in [0.15, 0.2) is 36.4 Å². The zero-order chi connectivity index (χ0) is 14.7. The Hall–Kier alpha value is -1.38. The van der Waals surface area contributed by atoms with E-state index >= 15 is 0 Å². The first-order valence-corrected chi connectivity index (χ1v) is 7.08. The summed E-state index contributed by atoms with van der Waals surface area (Å²) >= 11 is 5.88. The van der Waals surface area contributed by atoms with E-state index in [1.54, 1.807) is 12.1 Å². The zero-order valence-corrected chi connectivity index (χ0v) is 12.8. The molecule has 0 aromatic heterocycles. The van der Waals surface area contributed by atoms with Gasteiger partial charge in [-0.1, -0.05) is 35.9 Å². The first-order chi connectivity index (χ1) is 9.52. The molecule has 20 heavy (non-hydrogen) atoms. The van der Waals surface area contributed by atoms with Crippen molar-refractivity contribution in [1.82, 2.24) is 5.32 Å². The van der Waals surface area contributed by atoms with Crippen LogP contribution in [0.3, 0.4) is 0 Å². The van der Waals surface area contributed by atoms with Crippen molar-refractivity contribution in [3.8, 4) is 0 Å². The Bertz CT molecular complexity index is 590. The van der Waals surface area contributed by atoms with Crippen LogP contribution in [0, 0.1) is 19.7 Å². The van der Waals surface area contributed by atoms with Crippen LogP contribution in [-0.4, -0.2) is 7.05 Å². The van der Waals surface area contributed by atoms with E-state index in [1.807, 2.05) is 7.05 Å². The van der Waals surface area contributed by atoms with E-state index in [2.05, 4.69) is 37.4 Å². The molecule has 0 amide bonds. The van der Waals surface area contributed by atoms with Gasteiger partial charge in [-0.2, -0.15) is 0 Å². The maximum Gasteiger partial charge on any atom is 0.141 e. The molecule has 2 aromatic rings. The minimum Gasteiger partial charge on any atom is -0.313 e. The number of hydrogen-bond donors (Lipinski definition) is 1. The van der Waals surface area contributed by atoms with Crippen LogP contribution < -0.4 is 5.32 Å². The van der Waals surface area contributed by atoms with Gasteiger partial charge in [-0.25, -0.2) is 4.39 Å². The molecule has 0 radical (unpaired) electrons. The summed E-state index contributed by atoms with van der Waals surface area (Å²) < 4.78 is 13.3. The molecule has 106 valence electrons. The number of likely N-dealkylation sites (N-methyl/N-ethyl adjacent to an activating group) is 1. The standard InChI is InChI=1S/C17H19ClFN/c1-11-5-4-6-12(2)14(11)10-17(20-3)13-7-8-16(19)15(18)9-13/h4-9,17,20H,10H2,1-3H3. The first kappa shape index (κ1) is 15.0. The molecule has 0 fully saturated rings. The molecule has 1 nitrogen and oxygen atoms in total. The molecule has 0 spiro atoms. The number of benzene rings is 2. The quantitative estimate of drug-likeness (QED) is 0.868. The van der Waals surface area contributed by atoms with Crippen LogP contribution in [0.4, 0.5) is 4.39 Å². The number of hydrogen-bond acceptors (Lipinski definition) is 1. The highest BCUT2D eigenvalue weighted by molar-refractivity contribution is 6.30. The van der Waals surface area contributed by atoms with Crippen molar-refractivity contribution < 1.29 is 4.39 Å². The van der Waals surface area contributed by atoms with Gasteiger partial charge >= 0.3 is 0 Å². The van der Waals surface area contributed by atoms with Crippen LogP contribution >= 0.6 is 11.6 Å². The topological polar surface area (TPSA) is 12.0 Å². The number of nitrogens with one attached hydrogen (secondary N) is 1. The molecule has 0 bridgehead atoms. The third-order valence-electron chi connectivity index (χ3n) is 3.75. The molecule has 0 saturated carbocycles. The second-order valence-electron chi connectivity index (χ2n) is 5.09. The molecule has 0 aliphatic rings. The Morgan fingerprint density at radius 2 is 1.80 bits per heavy atom. The van der Waals surface area contributed by atoms with Crippen LogP contribution in [-0.2, 0) is 6.42 Å². The van der Waals surface area contributed by atoms with Gasteiger partial charge in [-0.05, 0) is 61.7 Å². The molecular weight excluding hydrogens is 273 g/mol. The van der Waals surface area contributed by atoms with Gasteiger partial charge in [0, 0.05) is 6.04 Å². The Morgan fingerprint density at radius 3 is 2.35 bits per heavy atom. The summed E-state index contributed by atoms with van der Waals surface area (Å²) in [7, 11) is 1.91. The summed E-state index contributed by atoms with van der Waals surface area (Å²) in [6.45, 7) is 4.24. The Balaban J connectivity index is 2.31. The minimum absolute atomic E-state index is 0.118. The fourth-order valence-corrected chi connectivity index (χ4v) is 2.68. The Kier molecular flexibility index (Phi) is 4.79. The van der Waals surface area contributed by atoms with Gasteiger partial charge in [0.15, 0.2) is 0 Å². The molecule has 2 rings (SSSR count). The fraction of sp³-hybridized carbons (Fsp3) is 0.294. The molecule has 1 N–H and O–H groups in total. The third-order valence-corrected chi connectivity index (χ3v) is 4.04. The molecule has 0 heterocycles. The summed E-state index contributed by atoms with van der Waals surface area (Å²) in [6.07, 6.45) is 0.858. The van der Waals surface area contributed by atoms with Crippen molar-refractivity contribution in [2.45, 2.75) is 26.3 Å². The highest BCUT2D eigenvalue weighted by atomic mass is 35.5. The lowest BCUT2D eigenvalue weighted by Gasteiger charge is -2.20. The smallest absolute Gasteiger partial charge is 0.141 e. The monoisotopic (exact) mass is 291 g/mol. The first-order valence-electron chi connectivity index (χ1n) is 6.70. The molecule has 0 aliphatic heterocycles.